The van der Waals surface area contributed by atoms with Crippen LogP contribution < -0.4 is 20.4 Å². The lowest BCUT2D eigenvalue weighted by Gasteiger charge is -2.34. The van der Waals surface area contributed by atoms with E-state index in [1.807, 2.05) is 29.2 Å². The van der Waals surface area contributed by atoms with Gasteiger partial charge in [-0.2, -0.15) is 4.98 Å². The van der Waals surface area contributed by atoms with Gasteiger partial charge in [0.15, 0.2) is 11.5 Å². The number of carbonyl (C=O) groups excluding carboxylic acids is 1. The van der Waals surface area contributed by atoms with Gasteiger partial charge in [0.2, 0.25) is 5.95 Å². The van der Waals surface area contributed by atoms with E-state index in [-0.39, 0.29) is 12.0 Å². The van der Waals surface area contributed by atoms with Crippen molar-refractivity contribution < 1.29 is 13.9 Å². The minimum Gasteiger partial charge on any atom is -0.378 e. The van der Waals surface area contributed by atoms with Gasteiger partial charge in [0.25, 0.3) is 0 Å². The van der Waals surface area contributed by atoms with Crippen molar-refractivity contribution in [3.05, 3.63) is 36.2 Å². The Hall–Kier alpha value is -3.47. The molecule has 2 aliphatic rings. The topological polar surface area (TPSA) is 111 Å². The number of halogens is 1. The van der Waals surface area contributed by atoms with Crippen molar-refractivity contribution in [3.63, 3.8) is 0 Å². The number of nitrogens with one attached hydrogen (secondary N) is 3. The van der Waals surface area contributed by atoms with E-state index in [4.69, 9.17) is 4.74 Å². The number of carbonyl (C=O) groups is 1. The molecule has 36 heavy (non-hydrogen) atoms. The molecule has 2 aliphatic heterocycles. The molecule has 1 aromatic carbocycles. The maximum Gasteiger partial charge on any atom is 0.319 e. The molecule has 11 heteroatoms. The summed E-state index contributed by atoms with van der Waals surface area (Å²) in [6.45, 7) is 9.85. The second-order valence-corrected chi connectivity index (χ2v) is 10.3. The highest BCUT2D eigenvalue weighted by Gasteiger charge is 2.32. The largest absolute Gasteiger partial charge is 0.378 e. The average molecular weight is 497 g/mol. The van der Waals surface area contributed by atoms with Gasteiger partial charge in [-0.3, -0.25) is 0 Å². The number of hydrogen-bond acceptors (Lipinski definition) is 7. The molecule has 2 saturated heterocycles. The zero-order valence-electron chi connectivity index (χ0n) is 20.9. The number of H-pyrrole nitrogens is 1. The number of fused-ring (bicyclic) bond motifs is 1. The molecule has 192 valence electrons. The van der Waals surface area contributed by atoms with Crippen LogP contribution in [0.5, 0.6) is 0 Å². The highest BCUT2D eigenvalue weighted by molar-refractivity contribution is 5.89. The Balaban J connectivity index is 1.20. The van der Waals surface area contributed by atoms with Crippen molar-refractivity contribution in [1.82, 2.24) is 25.3 Å². The Morgan fingerprint density at radius 3 is 2.56 bits per heavy atom. The molecule has 0 bridgehead atoms. The number of hydrogen-bond donors (Lipinski definition) is 3. The summed E-state index contributed by atoms with van der Waals surface area (Å²) in [6.07, 6.45) is 0.711. The van der Waals surface area contributed by atoms with Gasteiger partial charge in [0.05, 0.1) is 25.8 Å². The first kappa shape index (κ1) is 24.2. The maximum absolute atomic E-state index is 15.1. The molecule has 2 aromatic heterocycles. The highest BCUT2D eigenvalue weighted by atomic mass is 19.1. The van der Waals surface area contributed by atoms with Crippen molar-refractivity contribution in [3.8, 4) is 0 Å². The average Bonchev–Trinajstić information content (AvgIpc) is 3.30. The van der Waals surface area contributed by atoms with Gasteiger partial charge >= 0.3 is 6.03 Å². The molecule has 2 atom stereocenters. The van der Waals surface area contributed by atoms with Crippen LogP contribution in [-0.4, -0.2) is 77.6 Å². The van der Waals surface area contributed by atoms with Crippen LogP contribution in [0.15, 0.2) is 30.6 Å². The summed E-state index contributed by atoms with van der Waals surface area (Å²) in [5.74, 6) is 1.34. The molecule has 2 amide bonds. The number of alkyl halides is 1. The molecule has 3 aromatic rings. The lowest BCUT2D eigenvalue weighted by atomic mass is 9.87. The molecule has 3 N–H and O–H groups in total. The summed E-state index contributed by atoms with van der Waals surface area (Å²) in [5, 5.41) is 5.60. The van der Waals surface area contributed by atoms with Crippen molar-refractivity contribution in [2.75, 3.05) is 54.5 Å². The van der Waals surface area contributed by atoms with Crippen LogP contribution in [-0.2, 0) is 10.2 Å². The molecule has 10 nitrogen and oxygen atoms in total. The summed E-state index contributed by atoms with van der Waals surface area (Å²) in [5.41, 5.74) is 3.18. The summed E-state index contributed by atoms with van der Waals surface area (Å²) in [7, 11) is 0. The van der Waals surface area contributed by atoms with Crippen LogP contribution in [0.3, 0.4) is 0 Å². The van der Waals surface area contributed by atoms with Gasteiger partial charge in [-0.1, -0.05) is 32.9 Å². The van der Waals surface area contributed by atoms with Gasteiger partial charge in [0, 0.05) is 25.3 Å². The van der Waals surface area contributed by atoms with E-state index >= 15 is 4.39 Å². The Labute approximate surface area is 209 Å². The van der Waals surface area contributed by atoms with Gasteiger partial charge in [-0.05, 0) is 29.5 Å². The van der Waals surface area contributed by atoms with Crippen LogP contribution in [0.2, 0.25) is 0 Å². The van der Waals surface area contributed by atoms with E-state index in [1.54, 1.807) is 0 Å². The monoisotopic (exact) mass is 496 g/mol. The van der Waals surface area contributed by atoms with Gasteiger partial charge in [0.1, 0.15) is 18.0 Å². The van der Waals surface area contributed by atoms with E-state index in [0.717, 1.165) is 24.4 Å². The fraction of sp³-hybridized carbons (Fsp3) is 0.520. The number of aromatic amines is 1. The number of nitrogens with zero attached hydrogens (tertiary/aromatic N) is 5. The first-order valence-electron chi connectivity index (χ1n) is 12.4. The van der Waals surface area contributed by atoms with E-state index in [1.165, 1.54) is 11.9 Å². The van der Waals surface area contributed by atoms with Crippen molar-refractivity contribution in [1.29, 1.82) is 0 Å². The van der Waals surface area contributed by atoms with Crippen LogP contribution in [0.1, 0.15) is 32.8 Å². The third-order valence-electron chi connectivity index (χ3n) is 6.73. The summed E-state index contributed by atoms with van der Waals surface area (Å²) in [6, 6.07) is 6.73. The summed E-state index contributed by atoms with van der Waals surface area (Å²) < 4.78 is 20.6. The molecule has 5 rings (SSSR count). The fourth-order valence-electron chi connectivity index (χ4n) is 4.62. The lowest BCUT2D eigenvalue weighted by molar-refractivity contribution is 0.122. The van der Waals surface area contributed by atoms with Crippen LogP contribution in [0.4, 0.5) is 26.6 Å². The van der Waals surface area contributed by atoms with E-state index in [9.17, 15) is 4.79 Å². The quantitative estimate of drug-likeness (QED) is 0.509. The second kappa shape index (κ2) is 9.88. The molecule has 0 aliphatic carbocycles. The molecule has 4 heterocycles. The summed E-state index contributed by atoms with van der Waals surface area (Å²) >= 11 is 0. The van der Waals surface area contributed by atoms with Gasteiger partial charge in [-0.25, -0.2) is 19.2 Å². The van der Waals surface area contributed by atoms with Crippen LogP contribution in [0.25, 0.3) is 11.2 Å². The molecule has 0 radical (unpaired) electrons. The molecule has 2 fully saturated rings. The number of piperidine rings is 1. The first-order valence-corrected chi connectivity index (χ1v) is 12.4. The van der Waals surface area contributed by atoms with Crippen molar-refractivity contribution in [2.45, 2.75) is 44.8 Å². The predicted octanol–water partition coefficient (Wildman–Crippen LogP) is 3.23. The first-order chi connectivity index (χ1) is 17.3. The standard InChI is InChI=1S/C25H33FN8O2/c1-25(2,3)16-4-6-17(7-5-16)29-24(35)30-19-8-9-34(14-18(19)26)23-31-20-21(32-23)27-15-28-22(20)33-10-12-36-13-11-33/h4-7,15,18-19H,8-14H2,1-3H3,(H2,29,30,35)(H,27,28,31,32). The van der Waals surface area contributed by atoms with E-state index in [2.05, 4.69) is 56.2 Å². The van der Waals surface area contributed by atoms with E-state index in [0.29, 0.717) is 43.5 Å². The Morgan fingerprint density at radius 1 is 1.11 bits per heavy atom. The fourth-order valence-corrected chi connectivity index (χ4v) is 4.62. The summed E-state index contributed by atoms with van der Waals surface area (Å²) in [4.78, 5) is 33.1. The smallest absolute Gasteiger partial charge is 0.319 e. The lowest BCUT2D eigenvalue weighted by Crippen LogP contribution is -2.53. The second-order valence-electron chi connectivity index (χ2n) is 10.3. The number of urea groups is 1. The van der Waals surface area contributed by atoms with Crippen LogP contribution in [0, 0.1) is 0 Å². The number of rotatable bonds is 4. The zero-order valence-corrected chi connectivity index (χ0v) is 20.9. The number of ether oxygens (including phenoxy) is 1. The van der Waals surface area contributed by atoms with Crippen molar-refractivity contribution >= 4 is 34.6 Å². The number of amides is 2. The minimum absolute atomic E-state index is 0.0344. The Morgan fingerprint density at radius 2 is 1.86 bits per heavy atom. The third-order valence-corrected chi connectivity index (χ3v) is 6.73. The molecule has 2 unspecified atom stereocenters. The van der Waals surface area contributed by atoms with Gasteiger partial charge in [-0.15, -0.1) is 0 Å². The number of imidazole rings is 1. The van der Waals surface area contributed by atoms with Crippen LogP contribution >= 0.6 is 0 Å². The van der Waals surface area contributed by atoms with E-state index < -0.39 is 18.2 Å². The van der Waals surface area contributed by atoms with Crippen molar-refractivity contribution in [2.24, 2.45) is 0 Å². The number of benzene rings is 1. The molecule has 0 spiro atoms. The number of aromatic nitrogens is 4. The number of anilines is 3. The van der Waals surface area contributed by atoms with Gasteiger partial charge < -0.3 is 30.2 Å². The Kier molecular flexibility index (Phi) is 6.65. The minimum atomic E-state index is -1.24. The normalized spacial score (nSPS) is 21.0. The molecular formula is C25H33FN8O2. The highest BCUT2D eigenvalue weighted by Crippen LogP contribution is 2.27. The molecule has 0 saturated carbocycles. The molecular weight excluding hydrogens is 463 g/mol. The maximum atomic E-state index is 15.1. The zero-order chi connectivity index (χ0) is 25.3. The Bertz CT molecular complexity index is 1200. The SMILES string of the molecule is CC(C)(C)c1ccc(NC(=O)NC2CCN(c3nc4ncnc(N5CCOCC5)c4[nH]3)CC2F)cc1. The third kappa shape index (κ3) is 5.20. The predicted molar refractivity (Wildman–Crippen MR) is 138 cm³/mol. The number of morpholine rings is 1.